The Morgan fingerprint density at radius 2 is 1.69 bits per heavy atom. The molecule has 1 N–H and O–H groups in total. The number of hydrogen-bond donors (Lipinski definition) is 1. The van der Waals surface area contributed by atoms with Crippen molar-refractivity contribution in [2.45, 2.75) is 20.3 Å². The summed E-state index contributed by atoms with van der Waals surface area (Å²) in [5, 5.41) is 3.85. The first-order valence-corrected chi connectivity index (χ1v) is 11.3. The number of benzene rings is 2. The number of ether oxygens (including phenoxy) is 1. The zero-order chi connectivity index (χ0) is 22.7. The molecule has 6 nitrogen and oxygen atoms in total. The number of hydrogen-bond acceptors (Lipinski definition) is 5. The molecule has 1 fully saturated rings. The summed E-state index contributed by atoms with van der Waals surface area (Å²) in [6, 6.07) is 12.9. The maximum atomic E-state index is 13.4. The van der Waals surface area contributed by atoms with Gasteiger partial charge in [-0.3, -0.25) is 19.4 Å². The van der Waals surface area contributed by atoms with Gasteiger partial charge in [-0.25, -0.2) is 0 Å². The molecular weight excluding hydrogens is 426 g/mol. The third-order valence-electron chi connectivity index (χ3n) is 6.12. The fourth-order valence-electron chi connectivity index (χ4n) is 4.08. The first-order valence-electron chi connectivity index (χ1n) is 11.0. The predicted molar refractivity (Wildman–Crippen MR) is 127 cm³/mol. The standard InChI is InChI=1S/C25H28ClN3O3/c1-17-5-3-6-21(18(17)2)27-23-22(19-7-9-20(26)10-8-19)24(30)29(25(23)31)12-4-11-28-13-15-32-16-14-28/h3,5-10,27H,4,11-16H2,1-2H3. The quantitative estimate of drug-likeness (QED) is 0.645. The molecule has 0 unspecified atom stereocenters. The van der Waals surface area contributed by atoms with Crippen LogP contribution < -0.4 is 5.32 Å². The number of halogens is 1. The molecule has 168 valence electrons. The van der Waals surface area contributed by atoms with Gasteiger partial charge < -0.3 is 10.1 Å². The molecule has 2 heterocycles. The van der Waals surface area contributed by atoms with Crippen molar-refractivity contribution in [3.8, 4) is 0 Å². The molecule has 0 aromatic heterocycles. The highest BCUT2D eigenvalue weighted by Crippen LogP contribution is 2.32. The van der Waals surface area contributed by atoms with Crippen LogP contribution in [0.1, 0.15) is 23.1 Å². The van der Waals surface area contributed by atoms with Gasteiger partial charge in [0.2, 0.25) is 0 Å². The van der Waals surface area contributed by atoms with Crippen molar-refractivity contribution in [2.24, 2.45) is 0 Å². The maximum absolute atomic E-state index is 13.4. The summed E-state index contributed by atoms with van der Waals surface area (Å²) in [4.78, 5) is 30.4. The van der Waals surface area contributed by atoms with Crippen LogP contribution in [-0.4, -0.2) is 61.0 Å². The van der Waals surface area contributed by atoms with Gasteiger partial charge in [-0.1, -0.05) is 35.9 Å². The highest BCUT2D eigenvalue weighted by molar-refractivity contribution is 6.37. The molecule has 32 heavy (non-hydrogen) atoms. The summed E-state index contributed by atoms with van der Waals surface area (Å²) < 4.78 is 5.39. The molecule has 2 aromatic rings. The van der Waals surface area contributed by atoms with E-state index < -0.39 is 0 Å². The Balaban J connectivity index is 1.59. The van der Waals surface area contributed by atoms with Crippen LogP contribution in [0.5, 0.6) is 0 Å². The van der Waals surface area contributed by atoms with Crippen LogP contribution in [0, 0.1) is 13.8 Å². The molecule has 7 heteroatoms. The van der Waals surface area contributed by atoms with Gasteiger partial charge in [-0.2, -0.15) is 0 Å². The number of amides is 2. The molecule has 0 saturated carbocycles. The average molecular weight is 454 g/mol. The minimum absolute atomic E-state index is 0.271. The van der Waals surface area contributed by atoms with Crippen LogP contribution in [0.4, 0.5) is 5.69 Å². The number of morpholine rings is 1. The van der Waals surface area contributed by atoms with Gasteiger partial charge in [-0.05, 0) is 55.2 Å². The molecule has 2 aromatic carbocycles. The molecule has 1 saturated heterocycles. The first-order chi connectivity index (χ1) is 15.5. The summed E-state index contributed by atoms with van der Waals surface area (Å²) in [6.07, 6.45) is 0.724. The Kier molecular flexibility index (Phi) is 6.94. The van der Waals surface area contributed by atoms with Crippen molar-refractivity contribution >= 4 is 34.7 Å². The molecule has 0 radical (unpaired) electrons. The van der Waals surface area contributed by atoms with E-state index >= 15 is 0 Å². The summed E-state index contributed by atoms with van der Waals surface area (Å²) >= 11 is 6.05. The molecule has 0 aliphatic carbocycles. The molecule has 0 atom stereocenters. The highest BCUT2D eigenvalue weighted by Gasteiger charge is 2.39. The van der Waals surface area contributed by atoms with E-state index in [1.165, 1.54) is 4.90 Å². The minimum atomic E-state index is -0.289. The monoisotopic (exact) mass is 453 g/mol. The first kappa shape index (κ1) is 22.5. The summed E-state index contributed by atoms with van der Waals surface area (Å²) in [5.41, 5.74) is 4.36. The van der Waals surface area contributed by atoms with Gasteiger partial charge in [0.15, 0.2) is 0 Å². The van der Waals surface area contributed by atoms with E-state index in [1.807, 2.05) is 32.0 Å². The van der Waals surface area contributed by atoms with E-state index in [0.29, 0.717) is 28.4 Å². The van der Waals surface area contributed by atoms with Crippen LogP contribution in [0.25, 0.3) is 5.57 Å². The highest BCUT2D eigenvalue weighted by atomic mass is 35.5. The molecule has 2 aliphatic heterocycles. The van der Waals surface area contributed by atoms with Crippen molar-refractivity contribution in [1.82, 2.24) is 9.80 Å². The molecule has 2 amide bonds. The Morgan fingerprint density at radius 1 is 0.969 bits per heavy atom. The molecule has 4 rings (SSSR count). The smallest absolute Gasteiger partial charge is 0.278 e. The largest absolute Gasteiger partial charge is 0.379 e. The summed E-state index contributed by atoms with van der Waals surface area (Å²) in [7, 11) is 0. The number of imide groups is 1. The van der Waals surface area contributed by atoms with Crippen molar-refractivity contribution in [3.05, 3.63) is 69.9 Å². The predicted octanol–water partition coefficient (Wildman–Crippen LogP) is 3.87. The lowest BCUT2D eigenvalue weighted by Crippen LogP contribution is -2.39. The minimum Gasteiger partial charge on any atom is -0.379 e. The van der Waals surface area contributed by atoms with Gasteiger partial charge in [0, 0.05) is 36.9 Å². The fourth-order valence-corrected chi connectivity index (χ4v) is 4.20. The number of nitrogens with one attached hydrogen (secondary N) is 1. The van der Waals surface area contributed by atoms with Gasteiger partial charge in [0.05, 0.1) is 18.8 Å². The van der Waals surface area contributed by atoms with E-state index in [9.17, 15) is 9.59 Å². The van der Waals surface area contributed by atoms with Crippen molar-refractivity contribution in [1.29, 1.82) is 0 Å². The number of nitrogens with zero attached hydrogens (tertiary/aromatic N) is 2. The van der Waals surface area contributed by atoms with E-state index in [4.69, 9.17) is 16.3 Å². The lowest BCUT2D eigenvalue weighted by atomic mass is 10.0. The lowest BCUT2D eigenvalue weighted by Gasteiger charge is -2.27. The molecule has 0 spiro atoms. The van der Waals surface area contributed by atoms with Crippen LogP contribution in [-0.2, 0) is 14.3 Å². The third kappa shape index (κ3) is 4.72. The third-order valence-corrected chi connectivity index (χ3v) is 6.38. The summed E-state index contributed by atoms with van der Waals surface area (Å²) in [6.45, 7) is 8.46. The van der Waals surface area contributed by atoms with Gasteiger partial charge >= 0.3 is 0 Å². The van der Waals surface area contributed by atoms with E-state index in [-0.39, 0.29) is 11.8 Å². The lowest BCUT2D eigenvalue weighted by molar-refractivity contribution is -0.136. The number of carbonyl (C=O) groups excluding carboxylic acids is 2. The maximum Gasteiger partial charge on any atom is 0.278 e. The van der Waals surface area contributed by atoms with Gasteiger partial charge in [0.25, 0.3) is 11.8 Å². The number of rotatable bonds is 7. The van der Waals surface area contributed by atoms with Crippen molar-refractivity contribution in [3.63, 3.8) is 0 Å². The van der Waals surface area contributed by atoms with E-state index in [1.54, 1.807) is 24.3 Å². The normalized spacial score (nSPS) is 17.4. The Labute approximate surface area is 193 Å². The van der Waals surface area contributed by atoms with Crippen molar-refractivity contribution in [2.75, 3.05) is 44.7 Å². The SMILES string of the molecule is Cc1cccc(NC2=C(c3ccc(Cl)cc3)C(=O)N(CCCN3CCOCC3)C2=O)c1C. The second-order valence-corrected chi connectivity index (χ2v) is 8.64. The second-order valence-electron chi connectivity index (χ2n) is 8.20. The fraction of sp³-hybridized carbons (Fsp3) is 0.360. The van der Waals surface area contributed by atoms with Crippen LogP contribution >= 0.6 is 11.6 Å². The molecule has 0 bridgehead atoms. The van der Waals surface area contributed by atoms with Gasteiger partial charge in [0.1, 0.15) is 5.70 Å². The number of aryl methyl sites for hydroxylation is 1. The van der Waals surface area contributed by atoms with Crippen LogP contribution in [0.15, 0.2) is 48.2 Å². The zero-order valence-electron chi connectivity index (χ0n) is 18.5. The van der Waals surface area contributed by atoms with E-state index in [0.717, 1.165) is 56.1 Å². The topological polar surface area (TPSA) is 61.9 Å². The Bertz CT molecular complexity index is 1040. The number of carbonyl (C=O) groups is 2. The van der Waals surface area contributed by atoms with Gasteiger partial charge in [-0.15, -0.1) is 0 Å². The molecular formula is C25H28ClN3O3. The van der Waals surface area contributed by atoms with Crippen LogP contribution in [0.3, 0.4) is 0 Å². The average Bonchev–Trinajstić information content (AvgIpc) is 3.02. The Hall–Kier alpha value is -2.67. The van der Waals surface area contributed by atoms with Crippen LogP contribution in [0.2, 0.25) is 5.02 Å². The Morgan fingerprint density at radius 3 is 2.41 bits per heavy atom. The van der Waals surface area contributed by atoms with E-state index in [2.05, 4.69) is 10.2 Å². The molecule has 2 aliphatic rings. The van der Waals surface area contributed by atoms with Crippen molar-refractivity contribution < 1.29 is 14.3 Å². The number of anilines is 1. The second kappa shape index (κ2) is 9.86. The zero-order valence-corrected chi connectivity index (χ0v) is 19.2. The summed E-state index contributed by atoms with van der Waals surface area (Å²) in [5.74, 6) is -0.560.